The third kappa shape index (κ3) is 4.43. The first kappa shape index (κ1) is 18.2. The number of nitrogens with one attached hydrogen (secondary N) is 2. The quantitative estimate of drug-likeness (QED) is 0.809. The molecule has 0 radical (unpaired) electrons. The first-order chi connectivity index (χ1) is 11.5. The number of benzene rings is 2. The van der Waals surface area contributed by atoms with Crippen molar-refractivity contribution in [1.82, 2.24) is 4.72 Å². The number of carbonyl (C=O) groups is 1. The summed E-state index contributed by atoms with van der Waals surface area (Å²) in [7, 11) is -2.11. The standard InChI is InChI=1S/C18H22N2O3S/c1-3-7-17(14-8-5-4-6-9-14)18(21)20-15-10-12-16(13-11-15)24(22,23)19-2/h4-6,8-13,17,19H,3,7H2,1-2H3,(H,20,21)/t17-/m1/s1. The number of hydrogen-bond donors (Lipinski definition) is 2. The van der Waals surface area contributed by atoms with Crippen molar-refractivity contribution in [3.05, 3.63) is 60.2 Å². The molecule has 0 heterocycles. The Morgan fingerprint density at radius 1 is 1.04 bits per heavy atom. The molecule has 0 unspecified atom stereocenters. The molecule has 6 heteroatoms. The fourth-order valence-electron chi connectivity index (χ4n) is 2.49. The molecule has 0 spiro atoms. The Bertz CT molecular complexity index is 772. The molecule has 24 heavy (non-hydrogen) atoms. The molecule has 128 valence electrons. The first-order valence-electron chi connectivity index (χ1n) is 7.87. The second kappa shape index (κ2) is 8.08. The van der Waals surface area contributed by atoms with Crippen LogP contribution >= 0.6 is 0 Å². The van der Waals surface area contributed by atoms with Gasteiger partial charge in [-0.2, -0.15) is 0 Å². The van der Waals surface area contributed by atoms with E-state index in [0.717, 1.165) is 18.4 Å². The molecule has 0 saturated heterocycles. The van der Waals surface area contributed by atoms with Gasteiger partial charge in [-0.05, 0) is 43.3 Å². The van der Waals surface area contributed by atoms with Crippen molar-refractivity contribution in [2.45, 2.75) is 30.6 Å². The van der Waals surface area contributed by atoms with Crippen molar-refractivity contribution >= 4 is 21.6 Å². The Morgan fingerprint density at radius 2 is 1.67 bits per heavy atom. The molecule has 0 aliphatic heterocycles. The Balaban J connectivity index is 2.15. The maximum Gasteiger partial charge on any atom is 0.240 e. The van der Waals surface area contributed by atoms with Crippen LogP contribution in [0.4, 0.5) is 5.69 Å². The van der Waals surface area contributed by atoms with E-state index in [-0.39, 0.29) is 16.7 Å². The minimum Gasteiger partial charge on any atom is -0.326 e. The van der Waals surface area contributed by atoms with Crippen molar-refractivity contribution in [3.8, 4) is 0 Å². The Hall–Kier alpha value is -2.18. The zero-order valence-corrected chi connectivity index (χ0v) is 14.6. The number of carbonyl (C=O) groups excluding carboxylic acids is 1. The van der Waals surface area contributed by atoms with Gasteiger partial charge in [-0.1, -0.05) is 43.7 Å². The Morgan fingerprint density at radius 3 is 2.21 bits per heavy atom. The summed E-state index contributed by atoms with van der Waals surface area (Å²) >= 11 is 0. The zero-order valence-electron chi connectivity index (χ0n) is 13.8. The van der Waals surface area contributed by atoms with Crippen LogP contribution in [-0.4, -0.2) is 21.4 Å². The Kier molecular flexibility index (Phi) is 6.11. The van der Waals surface area contributed by atoms with Crippen LogP contribution < -0.4 is 10.0 Å². The van der Waals surface area contributed by atoms with Gasteiger partial charge in [0.1, 0.15) is 0 Å². The summed E-state index contributed by atoms with van der Waals surface area (Å²) in [5.41, 5.74) is 1.55. The van der Waals surface area contributed by atoms with Gasteiger partial charge in [0.2, 0.25) is 15.9 Å². The first-order valence-corrected chi connectivity index (χ1v) is 9.35. The molecule has 2 N–H and O–H groups in total. The van der Waals surface area contributed by atoms with Crippen molar-refractivity contribution < 1.29 is 13.2 Å². The molecular weight excluding hydrogens is 324 g/mol. The summed E-state index contributed by atoms with van der Waals surface area (Å²) in [6.07, 6.45) is 1.65. The van der Waals surface area contributed by atoms with E-state index in [0.29, 0.717) is 5.69 Å². The van der Waals surface area contributed by atoms with Crippen molar-refractivity contribution in [3.63, 3.8) is 0 Å². The number of amides is 1. The number of rotatable bonds is 7. The number of anilines is 1. The highest BCUT2D eigenvalue weighted by atomic mass is 32.2. The average Bonchev–Trinajstić information content (AvgIpc) is 2.60. The third-order valence-electron chi connectivity index (χ3n) is 3.80. The smallest absolute Gasteiger partial charge is 0.240 e. The van der Waals surface area contributed by atoms with Crippen LogP contribution in [0, 0.1) is 0 Å². The lowest BCUT2D eigenvalue weighted by atomic mass is 9.93. The highest BCUT2D eigenvalue weighted by molar-refractivity contribution is 7.89. The van der Waals surface area contributed by atoms with E-state index in [2.05, 4.69) is 10.0 Å². The van der Waals surface area contributed by atoms with Crippen LogP contribution in [-0.2, 0) is 14.8 Å². The summed E-state index contributed by atoms with van der Waals surface area (Å²) in [6, 6.07) is 15.8. The van der Waals surface area contributed by atoms with E-state index < -0.39 is 10.0 Å². The van der Waals surface area contributed by atoms with Crippen LogP contribution in [0.15, 0.2) is 59.5 Å². The fourth-order valence-corrected chi connectivity index (χ4v) is 3.22. The number of sulfonamides is 1. The summed E-state index contributed by atoms with van der Waals surface area (Å²) < 4.78 is 25.7. The predicted molar refractivity (Wildman–Crippen MR) is 95.4 cm³/mol. The van der Waals surface area contributed by atoms with Gasteiger partial charge >= 0.3 is 0 Å². The third-order valence-corrected chi connectivity index (χ3v) is 5.23. The van der Waals surface area contributed by atoms with E-state index in [9.17, 15) is 13.2 Å². The maximum atomic E-state index is 12.6. The summed E-state index contributed by atoms with van der Waals surface area (Å²) in [6.45, 7) is 2.04. The van der Waals surface area contributed by atoms with Crippen molar-refractivity contribution in [1.29, 1.82) is 0 Å². The molecule has 2 rings (SSSR count). The molecule has 1 atom stereocenters. The van der Waals surface area contributed by atoms with E-state index in [4.69, 9.17) is 0 Å². The molecule has 2 aromatic rings. The van der Waals surface area contributed by atoms with E-state index >= 15 is 0 Å². The summed E-state index contributed by atoms with van der Waals surface area (Å²) in [4.78, 5) is 12.8. The molecule has 0 saturated carbocycles. The molecule has 5 nitrogen and oxygen atoms in total. The molecule has 0 aliphatic carbocycles. The van der Waals surface area contributed by atoms with Gasteiger partial charge in [-0.3, -0.25) is 4.79 Å². The van der Waals surface area contributed by atoms with Gasteiger partial charge in [0.15, 0.2) is 0 Å². The lowest BCUT2D eigenvalue weighted by molar-refractivity contribution is -0.117. The van der Waals surface area contributed by atoms with Crippen molar-refractivity contribution in [2.24, 2.45) is 0 Å². The SMILES string of the molecule is CCC[C@@H](C(=O)Nc1ccc(S(=O)(=O)NC)cc1)c1ccccc1. The van der Waals surface area contributed by atoms with E-state index in [1.807, 2.05) is 37.3 Å². The zero-order chi connectivity index (χ0) is 17.6. The Labute approximate surface area is 143 Å². The second-order valence-corrected chi connectivity index (χ2v) is 7.36. The van der Waals surface area contributed by atoms with E-state index in [1.54, 1.807) is 12.1 Å². The maximum absolute atomic E-state index is 12.6. The second-order valence-electron chi connectivity index (χ2n) is 5.47. The van der Waals surface area contributed by atoms with Crippen LogP contribution in [0.3, 0.4) is 0 Å². The fraction of sp³-hybridized carbons (Fsp3) is 0.278. The lowest BCUT2D eigenvalue weighted by Gasteiger charge is -2.16. The molecule has 0 aliphatic rings. The molecule has 0 bridgehead atoms. The number of hydrogen-bond acceptors (Lipinski definition) is 3. The molecule has 0 aromatic heterocycles. The highest BCUT2D eigenvalue weighted by Crippen LogP contribution is 2.23. The lowest BCUT2D eigenvalue weighted by Crippen LogP contribution is -2.21. The van der Waals surface area contributed by atoms with Gasteiger partial charge in [-0.15, -0.1) is 0 Å². The molecule has 0 fully saturated rings. The van der Waals surface area contributed by atoms with Crippen LogP contribution in [0.5, 0.6) is 0 Å². The van der Waals surface area contributed by atoms with Crippen molar-refractivity contribution in [2.75, 3.05) is 12.4 Å². The topological polar surface area (TPSA) is 75.3 Å². The normalized spacial score (nSPS) is 12.6. The van der Waals surface area contributed by atoms with Crippen LogP contribution in [0.1, 0.15) is 31.2 Å². The molecular formula is C18H22N2O3S. The van der Waals surface area contributed by atoms with Crippen LogP contribution in [0.25, 0.3) is 0 Å². The molecule has 2 aromatic carbocycles. The van der Waals surface area contributed by atoms with Gasteiger partial charge in [0.05, 0.1) is 10.8 Å². The minimum absolute atomic E-state index is 0.0905. The van der Waals surface area contributed by atoms with Crippen LogP contribution in [0.2, 0.25) is 0 Å². The van der Waals surface area contributed by atoms with Gasteiger partial charge in [0, 0.05) is 5.69 Å². The van der Waals surface area contributed by atoms with Gasteiger partial charge in [0.25, 0.3) is 0 Å². The summed E-state index contributed by atoms with van der Waals surface area (Å²) in [5, 5.41) is 2.87. The van der Waals surface area contributed by atoms with E-state index in [1.165, 1.54) is 19.2 Å². The summed E-state index contributed by atoms with van der Waals surface area (Å²) in [5.74, 6) is -0.316. The van der Waals surface area contributed by atoms with Gasteiger partial charge < -0.3 is 5.32 Å². The van der Waals surface area contributed by atoms with Gasteiger partial charge in [-0.25, -0.2) is 13.1 Å². The monoisotopic (exact) mass is 346 g/mol. The largest absolute Gasteiger partial charge is 0.326 e. The predicted octanol–water partition coefficient (Wildman–Crippen LogP) is 3.12. The average molecular weight is 346 g/mol. The highest BCUT2D eigenvalue weighted by Gasteiger charge is 2.20. The minimum atomic E-state index is -3.47. The molecule has 1 amide bonds.